The van der Waals surface area contributed by atoms with Crippen molar-refractivity contribution in [3.8, 4) is 0 Å². The number of carbonyl (C=O) groups excluding carboxylic acids is 1. The van der Waals surface area contributed by atoms with E-state index >= 15 is 0 Å². The maximum absolute atomic E-state index is 13.5. The monoisotopic (exact) mass is 392 g/mol. The summed E-state index contributed by atoms with van der Waals surface area (Å²) in [6, 6.07) is 3.93. The number of hydrogen-bond acceptors (Lipinski definition) is 6. The molecule has 0 saturated carbocycles. The molecule has 138 valence electrons. The zero-order valence-electron chi connectivity index (χ0n) is 15.4. The SMILES string of the molecule is CCOC(=O)C(C(c1cccs1)[Si](C)(C)C)P(=O)(OCC)OCC. The molecule has 5 nitrogen and oxygen atoms in total. The number of esters is 1. The molecule has 2 unspecified atom stereocenters. The summed E-state index contributed by atoms with van der Waals surface area (Å²) >= 11 is 1.57. The Balaban J connectivity index is 3.48. The number of carbonyl (C=O) groups is 1. The summed E-state index contributed by atoms with van der Waals surface area (Å²) in [6.07, 6.45) is 0. The van der Waals surface area contributed by atoms with Crippen LogP contribution in [0.3, 0.4) is 0 Å². The van der Waals surface area contributed by atoms with Crippen molar-refractivity contribution >= 4 is 33.0 Å². The topological polar surface area (TPSA) is 61.8 Å². The van der Waals surface area contributed by atoms with Gasteiger partial charge in [0.2, 0.25) is 0 Å². The molecule has 0 amide bonds. The zero-order valence-corrected chi connectivity index (χ0v) is 18.1. The molecule has 0 radical (unpaired) electrons. The molecule has 2 atom stereocenters. The molecule has 8 heteroatoms. The molecule has 0 N–H and O–H groups in total. The lowest BCUT2D eigenvalue weighted by atomic mass is 10.2. The van der Waals surface area contributed by atoms with E-state index < -0.39 is 27.3 Å². The van der Waals surface area contributed by atoms with Crippen molar-refractivity contribution < 1.29 is 23.1 Å². The Bertz CT molecular complexity index is 545. The highest BCUT2D eigenvalue weighted by Gasteiger charge is 2.52. The highest BCUT2D eigenvalue weighted by Crippen LogP contribution is 2.59. The first-order chi connectivity index (χ1) is 11.2. The second-order valence-corrected chi connectivity index (χ2v) is 14.9. The molecule has 1 aromatic heterocycles. The first kappa shape index (κ1) is 21.6. The van der Waals surface area contributed by atoms with Crippen LogP contribution in [-0.2, 0) is 23.1 Å². The molecular weight excluding hydrogens is 363 g/mol. The summed E-state index contributed by atoms with van der Waals surface area (Å²) in [4.78, 5) is 13.8. The van der Waals surface area contributed by atoms with Crippen molar-refractivity contribution in [2.45, 2.75) is 51.6 Å². The van der Waals surface area contributed by atoms with Gasteiger partial charge in [-0.2, -0.15) is 0 Å². The smallest absolute Gasteiger partial charge is 0.345 e. The van der Waals surface area contributed by atoms with E-state index in [-0.39, 0.29) is 25.4 Å². The lowest BCUT2D eigenvalue weighted by Gasteiger charge is -2.36. The van der Waals surface area contributed by atoms with Gasteiger partial charge < -0.3 is 13.8 Å². The molecule has 0 bridgehead atoms. The first-order valence-corrected chi connectivity index (χ1v) is 14.4. The third kappa shape index (κ3) is 5.26. The van der Waals surface area contributed by atoms with E-state index in [9.17, 15) is 9.36 Å². The molecule has 0 saturated heterocycles. The molecule has 0 spiro atoms. The molecule has 0 aliphatic carbocycles. The summed E-state index contributed by atoms with van der Waals surface area (Å²) in [6.45, 7) is 12.4. The third-order valence-corrected chi connectivity index (χ3v) is 9.97. The Kier molecular flexibility index (Phi) is 8.36. The van der Waals surface area contributed by atoms with Crippen molar-refractivity contribution in [3.63, 3.8) is 0 Å². The van der Waals surface area contributed by atoms with Gasteiger partial charge in [-0.3, -0.25) is 9.36 Å². The Hall–Kier alpha value is -0.463. The molecule has 0 aromatic carbocycles. The van der Waals surface area contributed by atoms with Crippen molar-refractivity contribution in [3.05, 3.63) is 22.4 Å². The Morgan fingerprint density at radius 1 is 1.17 bits per heavy atom. The van der Waals surface area contributed by atoms with E-state index in [0.717, 1.165) is 4.88 Å². The van der Waals surface area contributed by atoms with E-state index in [4.69, 9.17) is 13.8 Å². The van der Waals surface area contributed by atoms with Crippen molar-refractivity contribution in [2.75, 3.05) is 19.8 Å². The van der Waals surface area contributed by atoms with E-state index in [1.165, 1.54) is 0 Å². The van der Waals surface area contributed by atoms with Crippen LogP contribution >= 0.6 is 18.9 Å². The zero-order chi connectivity index (χ0) is 18.4. The van der Waals surface area contributed by atoms with Gasteiger partial charge in [-0.1, -0.05) is 25.7 Å². The van der Waals surface area contributed by atoms with Crippen LogP contribution in [0.5, 0.6) is 0 Å². The van der Waals surface area contributed by atoms with Crippen LogP contribution in [0.25, 0.3) is 0 Å². The molecule has 0 aliphatic heterocycles. The number of thiophene rings is 1. The van der Waals surface area contributed by atoms with E-state index in [1.807, 2.05) is 17.5 Å². The number of hydrogen-bond donors (Lipinski definition) is 0. The lowest BCUT2D eigenvalue weighted by molar-refractivity contribution is -0.143. The van der Waals surface area contributed by atoms with Crippen molar-refractivity contribution in [2.24, 2.45) is 0 Å². The summed E-state index contributed by atoms with van der Waals surface area (Å²) in [5, 5.41) is 1.97. The quantitative estimate of drug-likeness (QED) is 0.322. The average Bonchev–Trinajstić information content (AvgIpc) is 2.97. The second kappa shape index (κ2) is 9.29. The van der Waals surface area contributed by atoms with Gasteiger partial charge in [0.15, 0.2) is 5.66 Å². The van der Waals surface area contributed by atoms with Gasteiger partial charge in [-0.25, -0.2) is 0 Å². The third-order valence-electron chi connectivity index (χ3n) is 3.59. The minimum atomic E-state index is -3.64. The Labute approximate surface area is 150 Å². The van der Waals surface area contributed by atoms with Gasteiger partial charge >= 0.3 is 13.6 Å². The van der Waals surface area contributed by atoms with E-state index in [1.54, 1.807) is 32.1 Å². The van der Waals surface area contributed by atoms with Crippen LogP contribution in [-0.4, -0.2) is 39.5 Å². The van der Waals surface area contributed by atoms with Gasteiger partial charge in [0.1, 0.15) is 0 Å². The highest BCUT2D eigenvalue weighted by molar-refractivity contribution is 7.56. The minimum absolute atomic E-state index is 0.194. The standard InChI is InChI=1S/C16H29O5PSSi/c1-7-19-16(17)14(22(18,20-8-2)21-9-3)15(24(4,5)6)13-11-10-12-23-13/h10-12,14-15H,7-9H2,1-6H3. The summed E-state index contributed by atoms with van der Waals surface area (Å²) in [7, 11) is -5.58. The van der Waals surface area contributed by atoms with Gasteiger partial charge in [0.25, 0.3) is 0 Å². The maximum atomic E-state index is 13.5. The Morgan fingerprint density at radius 2 is 1.75 bits per heavy atom. The van der Waals surface area contributed by atoms with Crippen LogP contribution in [0.2, 0.25) is 19.6 Å². The van der Waals surface area contributed by atoms with Crippen molar-refractivity contribution in [1.29, 1.82) is 0 Å². The van der Waals surface area contributed by atoms with Gasteiger partial charge in [0.05, 0.1) is 27.9 Å². The predicted octanol–water partition coefficient (Wildman–Crippen LogP) is 4.91. The molecule has 1 rings (SSSR count). The molecule has 0 aliphatic rings. The summed E-state index contributed by atoms with van der Waals surface area (Å²) < 4.78 is 29.8. The van der Waals surface area contributed by atoms with E-state index in [0.29, 0.717) is 0 Å². The molecular formula is C16H29O5PSSi. The number of rotatable bonds is 10. The van der Waals surface area contributed by atoms with E-state index in [2.05, 4.69) is 19.6 Å². The van der Waals surface area contributed by atoms with Gasteiger partial charge in [-0.15, -0.1) is 11.3 Å². The first-order valence-electron chi connectivity index (χ1n) is 8.30. The van der Waals surface area contributed by atoms with Crippen LogP contribution in [0.15, 0.2) is 17.5 Å². The van der Waals surface area contributed by atoms with Crippen LogP contribution in [0, 0.1) is 0 Å². The summed E-state index contributed by atoms with van der Waals surface area (Å²) in [5.41, 5.74) is -1.12. The molecule has 1 heterocycles. The highest BCUT2D eigenvalue weighted by atomic mass is 32.1. The normalized spacial score (nSPS) is 15.1. The minimum Gasteiger partial charge on any atom is -0.465 e. The second-order valence-electron chi connectivity index (χ2n) is 6.43. The Morgan fingerprint density at radius 3 is 2.12 bits per heavy atom. The average molecular weight is 393 g/mol. The fourth-order valence-corrected chi connectivity index (χ4v) is 10.8. The molecule has 24 heavy (non-hydrogen) atoms. The molecule has 0 fully saturated rings. The van der Waals surface area contributed by atoms with Gasteiger partial charge in [-0.05, 0) is 32.2 Å². The maximum Gasteiger partial charge on any atom is 0.345 e. The van der Waals surface area contributed by atoms with Gasteiger partial charge in [0, 0.05) is 10.4 Å². The fourth-order valence-electron chi connectivity index (χ4n) is 2.76. The fraction of sp³-hybridized carbons (Fsp3) is 0.688. The largest absolute Gasteiger partial charge is 0.465 e. The van der Waals surface area contributed by atoms with Crippen LogP contribution < -0.4 is 0 Å². The lowest BCUT2D eigenvalue weighted by Crippen LogP contribution is -2.44. The van der Waals surface area contributed by atoms with Crippen LogP contribution in [0.1, 0.15) is 31.2 Å². The number of ether oxygens (including phenoxy) is 1. The van der Waals surface area contributed by atoms with Crippen molar-refractivity contribution in [1.82, 2.24) is 0 Å². The predicted molar refractivity (Wildman–Crippen MR) is 102 cm³/mol. The van der Waals surface area contributed by atoms with Crippen LogP contribution in [0.4, 0.5) is 0 Å². The summed E-state index contributed by atoms with van der Waals surface area (Å²) in [5.74, 6) is -0.497. The molecule has 1 aromatic rings.